The van der Waals surface area contributed by atoms with Crippen molar-refractivity contribution in [1.29, 1.82) is 0 Å². The van der Waals surface area contributed by atoms with Crippen molar-refractivity contribution in [2.75, 3.05) is 39.4 Å². The van der Waals surface area contributed by atoms with Gasteiger partial charge in [0.25, 0.3) is 11.5 Å². The summed E-state index contributed by atoms with van der Waals surface area (Å²) in [7, 11) is -1.89. The number of amides is 1. The van der Waals surface area contributed by atoms with Gasteiger partial charge in [0, 0.05) is 37.5 Å². The molecule has 2 fully saturated rings. The summed E-state index contributed by atoms with van der Waals surface area (Å²) in [6.45, 7) is 4.04. The molecule has 1 amide bonds. The lowest BCUT2D eigenvalue weighted by Crippen LogP contribution is -2.56. The molecule has 2 saturated heterocycles. The molecular formula is C21H25N3O6S. The summed E-state index contributed by atoms with van der Waals surface area (Å²) in [5.41, 5.74) is 1.07. The molecule has 0 aliphatic carbocycles. The number of morpholine rings is 1. The summed E-state index contributed by atoms with van der Waals surface area (Å²) in [6.07, 6.45) is -0.184. The van der Waals surface area contributed by atoms with E-state index in [9.17, 15) is 18.0 Å². The van der Waals surface area contributed by atoms with Gasteiger partial charge in [0.1, 0.15) is 11.9 Å². The van der Waals surface area contributed by atoms with Gasteiger partial charge in [0.15, 0.2) is 0 Å². The zero-order chi connectivity index (χ0) is 22.2. The van der Waals surface area contributed by atoms with Crippen LogP contribution in [0.25, 0.3) is 0 Å². The molecule has 2 aromatic rings. The van der Waals surface area contributed by atoms with Crippen molar-refractivity contribution in [2.45, 2.75) is 17.9 Å². The van der Waals surface area contributed by atoms with Crippen LogP contribution in [-0.2, 0) is 21.8 Å². The van der Waals surface area contributed by atoms with E-state index in [-0.39, 0.29) is 22.5 Å². The number of carbonyl (C=O) groups is 1. The minimum atomic E-state index is -3.59. The number of sulfonamides is 1. The highest BCUT2D eigenvalue weighted by atomic mass is 32.2. The Labute approximate surface area is 180 Å². The van der Waals surface area contributed by atoms with Crippen LogP contribution in [0.2, 0.25) is 0 Å². The van der Waals surface area contributed by atoms with E-state index in [2.05, 4.69) is 0 Å². The monoisotopic (exact) mass is 447 g/mol. The Kier molecular flexibility index (Phi) is 5.87. The summed E-state index contributed by atoms with van der Waals surface area (Å²) in [6, 6.07) is 9.23. The molecule has 0 unspecified atom stereocenters. The second kappa shape index (κ2) is 8.45. The molecule has 0 N–H and O–H groups in total. The third kappa shape index (κ3) is 4.36. The zero-order valence-electron chi connectivity index (χ0n) is 17.5. The molecule has 9 nitrogen and oxygen atoms in total. The Hall–Kier alpha value is -2.69. The van der Waals surface area contributed by atoms with Gasteiger partial charge < -0.3 is 18.9 Å². The third-order valence-corrected chi connectivity index (χ3v) is 7.54. The van der Waals surface area contributed by atoms with Gasteiger partial charge >= 0.3 is 0 Å². The lowest BCUT2D eigenvalue weighted by atomic mass is 10.1. The van der Waals surface area contributed by atoms with E-state index in [1.807, 2.05) is 6.92 Å². The first-order valence-electron chi connectivity index (χ1n) is 10.1. The first-order valence-corrected chi connectivity index (χ1v) is 11.5. The van der Waals surface area contributed by atoms with Gasteiger partial charge in [-0.25, -0.2) is 8.42 Å². The Morgan fingerprint density at radius 2 is 1.74 bits per heavy atom. The summed E-state index contributed by atoms with van der Waals surface area (Å²) in [5, 5.41) is 0. The fourth-order valence-corrected chi connectivity index (χ4v) is 4.97. The van der Waals surface area contributed by atoms with Gasteiger partial charge in [0.2, 0.25) is 10.0 Å². The molecule has 0 atom stereocenters. The van der Waals surface area contributed by atoms with E-state index in [4.69, 9.17) is 9.47 Å². The number of benzene rings is 1. The van der Waals surface area contributed by atoms with E-state index in [1.54, 1.807) is 18.0 Å². The lowest BCUT2D eigenvalue weighted by molar-refractivity contribution is 0.0176. The molecule has 3 heterocycles. The molecule has 0 saturated carbocycles. The maximum absolute atomic E-state index is 12.7. The topological polar surface area (TPSA) is 98.2 Å². The zero-order valence-corrected chi connectivity index (χ0v) is 18.3. The largest absolute Gasteiger partial charge is 0.486 e. The second-order valence-corrected chi connectivity index (χ2v) is 9.66. The van der Waals surface area contributed by atoms with Crippen LogP contribution >= 0.6 is 0 Å². The molecule has 2 aliphatic rings. The maximum atomic E-state index is 12.7. The predicted molar refractivity (Wildman–Crippen MR) is 113 cm³/mol. The Morgan fingerprint density at radius 3 is 2.35 bits per heavy atom. The first-order chi connectivity index (χ1) is 14.8. The summed E-state index contributed by atoms with van der Waals surface area (Å²) >= 11 is 0. The number of hydrogen-bond donors (Lipinski definition) is 0. The molecule has 2 aliphatic heterocycles. The summed E-state index contributed by atoms with van der Waals surface area (Å²) in [5.74, 6) is 0.311. The lowest BCUT2D eigenvalue weighted by Gasteiger charge is -2.39. The van der Waals surface area contributed by atoms with Crippen LogP contribution in [0.15, 0.2) is 46.1 Å². The number of carbonyl (C=O) groups excluding carboxylic acids is 1. The van der Waals surface area contributed by atoms with Crippen molar-refractivity contribution in [3.63, 3.8) is 0 Å². The number of aromatic nitrogens is 1. The van der Waals surface area contributed by atoms with Crippen LogP contribution in [0, 0.1) is 6.92 Å². The van der Waals surface area contributed by atoms with Gasteiger partial charge in [-0.15, -0.1) is 0 Å². The standard InChI is InChI=1S/C21H25N3O6S/c1-15-11-17(12-20(25)22(15)2)30-18-13-23(14-18)21(26)16-3-5-19(6-4-16)31(27,28)24-7-9-29-10-8-24/h3-6,11-12,18H,7-10,13-14H2,1-2H3. The Balaban J connectivity index is 1.36. The van der Waals surface area contributed by atoms with E-state index in [1.165, 1.54) is 39.2 Å². The highest BCUT2D eigenvalue weighted by Crippen LogP contribution is 2.22. The van der Waals surface area contributed by atoms with Crippen molar-refractivity contribution in [2.24, 2.45) is 7.05 Å². The van der Waals surface area contributed by atoms with Crippen LogP contribution < -0.4 is 10.3 Å². The SMILES string of the molecule is Cc1cc(OC2CN(C(=O)c3ccc(S(=O)(=O)N4CCOCC4)cc3)C2)cc(=O)n1C. The van der Waals surface area contributed by atoms with E-state index >= 15 is 0 Å². The molecule has 0 spiro atoms. The van der Waals surface area contributed by atoms with Gasteiger partial charge in [0.05, 0.1) is 31.2 Å². The van der Waals surface area contributed by atoms with Crippen LogP contribution in [0.4, 0.5) is 0 Å². The van der Waals surface area contributed by atoms with E-state index in [0.29, 0.717) is 50.7 Å². The second-order valence-electron chi connectivity index (χ2n) is 7.72. The summed E-state index contributed by atoms with van der Waals surface area (Å²) in [4.78, 5) is 26.3. The number of rotatable bonds is 5. The molecule has 166 valence electrons. The van der Waals surface area contributed by atoms with Crippen molar-refractivity contribution in [3.8, 4) is 5.75 Å². The van der Waals surface area contributed by atoms with Crippen LogP contribution in [0.5, 0.6) is 5.75 Å². The quantitative estimate of drug-likeness (QED) is 0.667. The average Bonchev–Trinajstić information content (AvgIpc) is 2.74. The van der Waals surface area contributed by atoms with Gasteiger partial charge in [-0.1, -0.05) is 0 Å². The number of aryl methyl sites for hydroxylation is 1. The predicted octanol–water partition coefficient (Wildman–Crippen LogP) is 0.618. The number of pyridine rings is 1. The highest BCUT2D eigenvalue weighted by Gasteiger charge is 2.33. The molecule has 1 aromatic heterocycles. The number of ether oxygens (including phenoxy) is 2. The molecule has 4 rings (SSSR count). The van der Waals surface area contributed by atoms with Crippen molar-refractivity contribution >= 4 is 15.9 Å². The normalized spacial score (nSPS) is 17.9. The van der Waals surface area contributed by atoms with Gasteiger partial charge in [-0.2, -0.15) is 4.31 Å². The molecule has 1 aromatic carbocycles. The first kappa shape index (κ1) is 21.5. The minimum Gasteiger partial charge on any atom is -0.486 e. The third-order valence-electron chi connectivity index (χ3n) is 5.62. The molecule has 0 bridgehead atoms. The molecule has 31 heavy (non-hydrogen) atoms. The van der Waals surface area contributed by atoms with Crippen molar-refractivity contribution in [1.82, 2.24) is 13.8 Å². The van der Waals surface area contributed by atoms with Crippen molar-refractivity contribution < 1.29 is 22.7 Å². The summed E-state index contributed by atoms with van der Waals surface area (Å²) < 4.78 is 39.3. The average molecular weight is 448 g/mol. The van der Waals surface area contributed by atoms with Gasteiger partial charge in [-0.05, 0) is 37.3 Å². The Bertz CT molecular complexity index is 1130. The number of nitrogens with zero attached hydrogens (tertiary/aromatic N) is 3. The fourth-order valence-electron chi connectivity index (χ4n) is 3.56. The number of likely N-dealkylation sites (tertiary alicyclic amines) is 1. The highest BCUT2D eigenvalue weighted by molar-refractivity contribution is 7.89. The maximum Gasteiger partial charge on any atom is 0.254 e. The van der Waals surface area contributed by atoms with E-state index < -0.39 is 10.0 Å². The smallest absolute Gasteiger partial charge is 0.254 e. The van der Waals surface area contributed by atoms with Crippen LogP contribution in [0.3, 0.4) is 0 Å². The van der Waals surface area contributed by atoms with Crippen LogP contribution in [0.1, 0.15) is 16.1 Å². The molecule has 10 heteroatoms. The minimum absolute atomic E-state index is 0.144. The van der Waals surface area contributed by atoms with Gasteiger partial charge in [-0.3, -0.25) is 9.59 Å². The van der Waals surface area contributed by atoms with Crippen LogP contribution in [-0.4, -0.2) is 73.6 Å². The molecule has 0 radical (unpaired) electrons. The van der Waals surface area contributed by atoms with Crippen molar-refractivity contribution in [3.05, 3.63) is 58.0 Å². The van der Waals surface area contributed by atoms with E-state index in [0.717, 1.165) is 5.69 Å². The Morgan fingerprint density at radius 1 is 1.10 bits per heavy atom. The molecular weight excluding hydrogens is 422 g/mol. The fraction of sp³-hybridized carbons (Fsp3) is 0.429. The number of hydrogen-bond acceptors (Lipinski definition) is 6.